The fraction of sp³-hybridized carbons (Fsp3) is 0.727. The number of hydrogen-bond acceptors (Lipinski definition) is 4. The van der Waals surface area contributed by atoms with E-state index in [1.54, 1.807) is 14.1 Å². The second-order valence-corrected chi connectivity index (χ2v) is 5.10. The Labute approximate surface area is 101 Å². The third-order valence-corrected chi connectivity index (χ3v) is 2.13. The van der Waals surface area contributed by atoms with Gasteiger partial charge in [-0.25, -0.2) is 9.80 Å². The van der Waals surface area contributed by atoms with E-state index in [1.165, 1.54) is 9.91 Å². The lowest BCUT2D eigenvalue weighted by Gasteiger charge is -2.24. The van der Waals surface area contributed by atoms with Gasteiger partial charge in [0.25, 0.3) is 0 Å². The molecule has 0 N–H and O–H groups in total. The molecule has 0 spiro atoms. The average molecular weight is 241 g/mol. The van der Waals surface area contributed by atoms with Crippen molar-refractivity contribution in [3.63, 3.8) is 0 Å². The molecule has 0 fully saturated rings. The fourth-order valence-electron chi connectivity index (χ4n) is 1.36. The molecular formula is C11H19N3O3. The van der Waals surface area contributed by atoms with E-state index in [0.717, 1.165) is 0 Å². The maximum Gasteiger partial charge on any atom is 0.410 e. The summed E-state index contributed by atoms with van der Waals surface area (Å²) in [5, 5.41) is 5.33. The van der Waals surface area contributed by atoms with Crippen molar-refractivity contribution >= 4 is 17.7 Å². The van der Waals surface area contributed by atoms with Crippen LogP contribution in [0.25, 0.3) is 0 Å². The van der Waals surface area contributed by atoms with Crippen molar-refractivity contribution in [3.8, 4) is 0 Å². The Morgan fingerprint density at radius 1 is 1.53 bits per heavy atom. The third-order valence-electron chi connectivity index (χ3n) is 2.13. The number of amides is 2. The van der Waals surface area contributed by atoms with E-state index in [1.807, 2.05) is 20.8 Å². The van der Waals surface area contributed by atoms with Gasteiger partial charge in [-0.3, -0.25) is 4.79 Å². The van der Waals surface area contributed by atoms with Crippen LogP contribution in [0.3, 0.4) is 0 Å². The summed E-state index contributed by atoms with van der Waals surface area (Å²) >= 11 is 0. The molecule has 0 saturated heterocycles. The highest BCUT2D eigenvalue weighted by Gasteiger charge is 2.25. The first kappa shape index (κ1) is 13.5. The van der Waals surface area contributed by atoms with Crippen molar-refractivity contribution in [3.05, 3.63) is 0 Å². The minimum absolute atomic E-state index is 0.0578. The van der Waals surface area contributed by atoms with Gasteiger partial charge in [-0.15, -0.1) is 0 Å². The van der Waals surface area contributed by atoms with Gasteiger partial charge < -0.3 is 9.64 Å². The van der Waals surface area contributed by atoms with E-state index in [4.69, 9.17) is 4.74 Å². The molecule has 17 heavy (non-hydrogen) atoms. The number of ether oxygens (including phenoxy) is 1. The minimum Gasteiger partial charge on any atom is -0.444 e. The topological polar surface area (TPSA) is 62.2 Å². The predicted molar refractivity (Wildman–Crippen MR) is 63.7 cm³/mol. The third kappa shape index (κ3) is 4.05. The molecule has 0 aromatic heterocycles. The molecule has 0 unspecified atom stereocenters. The van der Waals surface area contributed by atoms with Crippen LogP contribution in [-0.4, -0.2) is 53.9 Å². The lowest BCUT2D eigenvalue weighted by atomic mass is 10.2. The van der Waals surface area contributed by atoms with Gasteiger partial charge in [0.2, 0.25) is 5.91 Å². The van der Waals surface area contributed by atoms with Crippen LogP contribution in [0.4, 0.5) is 4.79 Å². The molecule has 6 nitrogen and oxygen atoms in total. The van der Waals surface area contributed by atoms with Crippen LogP contribution >= 0.6 is 0 Å². The lowest BCUT2D eigenvalue weighted by molar-refractivity contribution is -0.127. The summed E-state index contributed by atoms with van der Waals surface area (Å²) in [6, 6.07) is 0. The van der Waals surface area contributed by atoms with Gasteiger partial charge >= 0.3 is 6.09 Å². The van der Waals surface area contributed by atoms with Gasteiger partial charge in [0.15, 0.2) is 0 Å². The summed E-state index contributed by atoms with van der Waals surface area (Å²) in [5.74, 6) is -0.0578. The van der Waals surface area contributed by atoms with Crippen LogP contribution in [0, 0.1) is 0 Å². The summed E-state index contributed by atoms with van der Waals surface area (Å²) in [6.45, 7) is 5.74. The van der Waals surface area contributed by atoms with Gasteiger partial charge in [0.05, 0.1) is 18.7 Å². The molecule has 0 aromatic carbocycles. The first-order valence-electron chi connectivity index (χ1n) is 5.46. The van der Waals surface area contributed by atoms with Crippen LogP contribution < -0.4 is 0 Å². The molecule has 0 saturated carbocycles. The van der Waals surface area contributed by atoms with Gasteiger partial charge in [-0.05, 0) is 20.8 Å². The first-order valence-corrected chi connectivity index (χ1v) is 5.46. The molecule has 0 aliphatic carbocycles. The zero-order valence-corrected chi connectivity index (χ0v) is 11.0. The molecule has 1 rings (SSSR count). The maximum absolute atomic E-state index is 11.7. The quantitative estimate of drug-likeness (QED) is 0.726. The lowest BCUT2D eigenvalue weighted by Crippen LogP contribution is -2.37. The molecule has 6 heteroatoms. The highest BCUT2D eigenvalue weighted by atomic mass is 16.6. The van der Waals surface area contributed by atoms with E-state index in [2.05, 4.69) is 5.10 Å². The average Bonchev–Trinajstić information content (AvgIpc) is 2.42. The zero-order chi connectivity index (χ0) is 13.2. The number of nitrogens with zero attached hydrogens (tertiary/aromatic N) is 3. The summed E-state index contributed by atoms with van der Waals surface area (Å²) in [5.41, 5.74) is 0.154. The Kier molecular flexibility index (Phi) is 3.75. The van der Waals surface area contributed by atoms with E-state index < -0.39 is 11.7 Å². The molecule has 0 bridgehead atoms. The normalized spacial score (nSPS) is 15.9. The Balaban J connectivity index is 2.50. The molecule has 0 radical (unpaired) electrons. The van der Waals surface area contributed by atoms with E-state index in [0.29, 0.717) is 12.3 Å². The van der Waals surface area contributed by atoms with Gasteiger partial charge in [0, 0.05) is 14.1 Å². The second kappa shape index (κ2) is 4.73. The van der Waals surface area contributed by atoms with Crippen LogP contribution in [0.2, 0.25) is 0 Å². The van der Waals surface area contributed by atoms with Crippen molar-refractivity contribution < 1.29 is 14.3 Å². The maximum atomic E-state index is 11.7. The van der Waals surface area contributed by atoms with E-state index in [-0.39, 0.29) is 12.3 Å². The molecule has 96 valence electrons. The highest BCUT2D eigenvalue weighted by molar-refractivity contribution is 6.06. The fourth-order valence-corrected chi connectivity index (χ4v) is 1.36. The summed E-state index contributed by atoms with van der Waals surface area (Å²) in [6.07, 6.45) is -0.147. The van der Waals surface area contributed by atoms with Crippen molar-refractivity contribution in [2.24, 2.45) is 5.10 Å². The first-order chi connectivity index (χ1) is 7.69. The molecule has 1 heterocycles. The van der Waals surface area contributed by atoms with E-state index >= 15 is 0 Å². The number of hydrazone groups is 1. The van der Waals surface area contributed by atoms with Crippen LogP contribution in [-0.2, 0) is 9.53 Å². The largest absolute Gasteiger partial charge is 0.444 e. The van der Waals surface area contributed by atoms with Crippen LogP contribution in [0.15, 0.2) is 5.10 Å². The molecule has 2 amide bonds. The molecular weight excluding hydrogens is 222 g/mol. The molecule has 1 aliphatic heterocycles. The Hall–Kier alpha value is -1.59. The summed E-state index contributed by atoms with van der Waals surface area (Å²) in [4.78, 5) is 24.3. The van der Waals surface area contributed by atoms with Gasteiger partial charge in [-0.2, -0.15) is 5.10 Å². The second-order valence-electron chi connectivity index (χ2n) is 5.10. The van der Waals surface area contributed by atoms with Crippen LogP contribution in [0.5, 0.6) is 0 Å². The summed E-state index contributed by atoms with van der Waals surface area (Å²) in [7, 11) is 3.22. The number of carbonyl (C=O) groups excluding carboxylic acids is 2. The smallest absolute Gasteiger partial charge is 0.410 e. The van der Waals surface area contributed by atoms with Gasteiger partial charge in [-0.1, -0.05) is 0 Å². The van der Waals surface area contributed by atoms with Gasteiger partial charge in [0.1, 0.15) is 5.60 Å². The zero-order valence-electron chi connectivity index (χ0n) is 11.0. The van der Waals surface area contributed by atoms with Crippen molar-refractivity contribution in [1.29, 1.82) is 0 Å². The van der Waals surface area contributed by atoms with Crippen molar-refractivity contribution in [1.82, 2.24) is 9.91 Å². The Morgan fingerprint density at radius 3 is 2.53 bits per heavy atom. The minimum atomic E-state index is -0.518. The predicted octanol–water partition coefficient (Wildman–Crippen LogP) is 1.07. The summed E-state index contributed by atoms with van der Waals surface area (Å²) < 4.78 is 5.20. The number of rotatable bonds is 2. The van der Waals surface area contributed by atoms with Crippen molar-refractivity contribution in [2.45, 2.75) is 32.8 Å². The Bertz CT molecular complexity index is 357. The van der Waals surface area contributed by atoms with E-state index in [9.17, 15) is 9.59 Å². The van der Waals surface area contributed by atoms with Crippen LogP contribution in [0.1, 0.15) is 27.2 Å². The number of carbonyl (C=O) groups is 2. The number of hydrogen-bond donors (Lipinski definition) is 0. The van der Waals surface area contributed by atoms with Crippen molar-refractivity contribution in [2.75, 3.05) is 20.6 Å². The monoisotopic (exact) mass is 241 g/mol. The Morgan fingerprint density at radius 2 is 2.12 bits per heavy atom. The molecule has 1 aliphatic rings. The molecule has 0 aromatic rings. The highest BCUT2D eigenvalue weighted by Crippen LogP contribution is 2.11. The SMILES string of the molecule is CN(CC1=NN(C)C(=O)C1)C(=O)OC(C)(C)C. The standard InChI is InChI=1S/C11H19N3O3/c1-11(2,3)17-10(16)13(4)7-8-6-9(15)14(5)12-8/h6-7H2,1-5H3. The molecule has 0 atom stereocenters.